The number of aryl methyl sites for hydroxylation is 1. The molecule has 2 aromatic rings. The molecule has 0 aliphatic carbocycles. The normalized spacial score (nSPS) is 13.8. The molecule has 3 N–H and O–H groups in total. The van der Waals surface area contributed by atoms with Crippen molar-refractivity contribution in [3.63, 3.8) is 0 Å². The van der Waals surface area contributed by atoms with E-state index in [4.69, 9.17) is 10.5 Å². The van der Waals surface area contributed by atoms with Crippen LogP contribution in [0, 0.1) is 0 Å². The number of carbonyl (C=O) groups excluding carboxylic acids is 1. The van der Waals surface area contributed by atoms with Crippen LogP contribution in [0.2, 0.25) is 0 Å². The second kappa shape index (κ2) is 7.66. The average molecular weight is 335 g/mol. The highest BCUT2D eigenvalue weighted by atomic mass is 16.5. The van der Waals surface area contributed by atoms with E-state index < -0.39 is 0 Å². The molecule has 0 atom stereocenters. The zero-order chi connectivity index (χ0) is 17.6. The molecule has 1 aliphatic heterocycles. The van der Waals surface area contributed by atoms with Crippen molar-refractivity contribution in [2.75, 3.05) is 7.11 Å². The molecule has 1 aliphatic rings. The molecule has 2 heterocycles. The van der Waals surface area contributed by atoms with Crippen molar-refractivity contribution in [2.24, 2.45) is 10.7 Å². The molecule has 0 amide bonds. The number of benzene rings is 1. The molecule has 0 saturated heterocycles. The highest BCUT2D eigenvalue weighted by molar-refractivity contribution is 5.97. The number of ketones is 1. The van der Waals surface area contributed by atoms with Crippen molar-refractivity contribution < 1.29 is 9.53 Å². The monoisotopic (exact) mass is 335 g/mol. The molecule has 1 aromatic heterocycles. The Morgan fingerprint density at radius 3 is 2.92 bits per heavy atom. The van der Waals surface area contributed by atoms with Gasteiger partial charge in [-0.25, -0.2) is 4.99 Å². The first-order valence-electron chi connectivity index (χ1n) is 8.20. The number of aromatic amines is 1. The molecule has 25 heavy (non-hydrogen) atoms. The Balaban J connectivity index is 1.65. The number of aliphatic imine (C=N–C) groups is 1. The third-order valence-electron chi connectivity index (χ3n) is 4.08. The van der Waals surface area contributed by atoms with Crippen LogP contribution in [0.4, 0.5) is 0 Å². The highest BCUT2D eigenvalue weighted by Gasteiger charge is 2.13. The van der Waals surface area contributed by atoms with E-state index in [9.17, 15) is 4.79 Å². The Bertz CT molecular complexity index is 845. The molecule has 5 heteroatoms. The van der Waals surface area contributed by atoms with E-state index in [1.807, 2.05) is 36.4 Å². The van der Waals surface area contributed by atoms with Gasteiger partial charge in [-0.2, -0.15) is 0 Å². The standard InChI is InChI=1S/C20H21N3O2/c1-25-19(11-14-5-3-2-4-6-14)18(24)9-8-16-12-15-7-10-20(21)22-13-17(15)23-16/h2-6,10-13,23H,7-9,21H2,1H3/b19-11-. The van der Waals surface area contributed by atoms with Crippen LogP contribution in [-0.2, 0) is 22.4 Å². The minimum atomic E-state index is -0.0195. The quantitative estimate of drug-likeness (QED) is 0.629. The summed E-state index contributed by atoms with van der Waals surface area (Å²) in [5.41, 5.74) is 9.75. The first kappa shape index (κ1) is 16.8. The van der Waals surface area contributed by atoms with Gasteiger partial charge in [0, 0.05) is 12.1 Å². The summed E-state index contributed by atoms with van der Waals surface area (Å²) in [6.07, 6.45) is 7.12. The van der Waals surface area contributed by atoms with Crippen molar-refractivity contribution in [3.05, 3.63) is 76.6 Å². The average Bonchev–Trinajstić information content (AvgIpc) is 2.95. The summed E-state index contributed by atoms with van der Waals surface area (Å²) in [5, 5.41) is 0. The summed E-state index contributed by atoms with van der Waals surface area (Å²) in [6, 6.07) is 11.7. The van der Waals surface area contributed by atoms with E-state index in [2.05, 4.69) is 16.0 Å². The number of aromatic nitrogens is 1. The van der Waals surface area contributed by atoms with Crippen molar-refractivity contribution in [1.82, 2.24) is 4.98 Å². The molecule has 3 rings (SSSR count). The zero-order valence-corrected chi connectivity index (χ0v) is 14.2. The number of ether oxygens (including phenoxy) is 1. The third-order valence-corrected chi connectivity index (χ3v) is 4.08. The van der Waals surface area contributed by atoms with Gasteiger partial charge in [-0.05, 0) is 42.2 Å². The number of fused-ring (bicyclic) bond motifs is 1. The van der Waals surface area contributed by atoms with Gasteiger partial charge in [-0.3, -0.25) is 4.79 Å². The van der Waals surface area contributed by atoms with Gasteiger partial charge in [0.25, 0.3) is 0 Å². The van der Waals surface area contributed by atoms with Gasteiger partial charge in [0.2, 0.25) is 0 Å². The SMILES string of the molecule is CO/C(=C\c1ccccc1)C(=O)CCc1cc2c([nH]1)C=NC(N)=CC2. The number of allylic oxidation sites excluding steroid dienone is 2. The topological polar surface area (TPSA) is 80.5 Å². The maximum atomic E-state index is 12.4. The fourth-order valence-corrected chi connectivity index (χ4v) is 2.73. The number of carbonyl (C=O) groups is 1. The summed E-state index contributed by atoms with van der Waals surface area (Å²) in [6.45, 7) is 0. The number of hydrogen-bond acceptors (Lipinski definition) is 4. The van der Waals surface area contributed by atoms with Crippen LogP contribution in [-0.4, -0.2) is 24.1 Å². The second-order valence-electron chi connectivity index (χ2n) is 5.87. The lowest BCUT2D eigenvalue weighted by atomic mass is 10.1. The Hall–Kier alpha value is -3.08. The summed E-state index contributed by atoms with van der Waals surface area (Å²) in [4.78, 5) is 19.9. The molecular formula is C20H21N3O2. The van der Waals surface area contributed by atoms with Crippen molar-refractivity contribution in [2.45, 2.75) is 19.3 Å². The maximum absolute atomic E-state index is 12.4. The van der Waals surface area contributed by atoms with Crippen LogP contribution in [0.3, 0.4) is 0 Å². The second-order valence-corrected chi connectivity index (χ2v) is 5.87. The lowest BCUT2D eigenvalue weighted by molar-refractivity contribution is -0.118. The van der Waals surface area contributed by atoms with Crippen molar-refractivity contribution in [1.29, 1.82) is 0 Å². The van der Waals surface area contributed by atoms with Gasteiger partial charge < -0.3 is 15.5 Å². The highest BCUT2D eigenvalue weighted by Crippen LogP contribution is 2.17. The number of nitrogens with zero attached hydrogens (tertiary/aromatic N) is 1. The van der Waals surface area contributed by atoms with E-state index in [1.165, 1.54) is 7.11 Å². The van der Waals surface area contributed by atoms with Crippen LogP contribution in [0.25, 0.3) is 6.08 Å². The molecule has 0 fully saturated rings. The van der Waals surface area contributed by atoms with Gasteiger partial charge >= 0.3 is 0 Å². The van der Waals surface area contributed by atoms with Crippen LogP contribution in [0.15, 0.2) is 59.0 Å². The summed E-state index contributed by atoms with van der Waals surface area (Å²) >= 11 is 0. The predicted octanol–water partition coefficient (Wildman–Crippen LogP) is 2.98. The van der Waals surface area contributed by atoms with Gasteiger partial charge in [-0.1, -0.05) is 30.3 Å². The smallest absolute Gasteiger partial charge is 0.197 e. The molecule has 1 aromatic carbocycles. The number of Topliss-reactive ketones (excluding diaryl/α,β-unsaturated/α-hetero) is 1. The number of nitrogens with two attached hydrogens (primary N) is 1. The van der Waals surface area contributed by atoms with Crippen molar-refractivity contribution in [3.8, 4) is 0 Å². The van der Waals surface area contributed by atoms with E-state index in [0.717, 1.165) is 28.9 Å². The Morgan fingerprint density at radius 1 is 1.36 bits per heavy atom. The number of methoxy groups -OCH3 is 1. The fraction of sp³-hybridized carbons (Fsp3) is 0.200. The minimum Gasteiger partial charge on any atom is -0.493 e. The number of H-pyrrole nitrogens is 1. The molecular weight excluding hydrogens is 314 g/mol. The predicted molar refractivity (Wildman–Crippen MR) is 99.1 cm³/mol. The fourth-order valence-electron chi connectivity index (χ4n) is 2.73. The van der Waals surface area contributed by atoms with E-state index in [1.54, 1.807) is 12.3 Å². The molecule has 128 valence electrons. The third kappa shape index (κ3) is 4.26. The summed E-state index contributed by atoms with van der Waals surface area (Å²) in [7, 11) is 1.52. The van der Waals surface area contributed by atoms with Gasteiger partial charge in [0.05, 0.1) is 19.0 Å². The molecule has 0 spiro atoms. The van der Waals surface area contributed by atoms with E-state index >= 15 is 0 Å². The Kier molecular flexibility index (Phi) is 5.14. The van der Waals surface area contributed by atoms with Gasteiger partial charge in [-0.15, -0.1) is 0 Å². The number of nitrogens with one attached hydrogen (secondary N) is 1. The summed E-state index contributed by atoms with van der Waals surface area (Å²) in [5.74, 6) is 0.877. The van der Waals surface area contributed by atoms with Crippen LogP contribution < -0.4 is 5.73 Å². The molecule has 0 bridgehead atoms. The molecule has 0 saturated carbocycles. The Labute approximate surface area is 146 Å². The molecule has 0 radical (unpaired) electrons. The first-order valence-corrected chi connectivity index (χ1v) is 8.20. The maximum Gasteiger partial charge on any atom is 0.197 e. The van der Waals surface area contributed by atoms with E-state index in [0.29, 0.717) is 24.4 Å². The molecule has 5 nitrogen and oxygen atoms in total. The lowest BCUT2D eigenvalue weighted by Crippen LogP contribution is -2.06. The molecule has 0 unspecified atom stereocenters. The summed E-state index contributed by atoms with van der Waals surface area (Å²) < 4.78 is 5.27. The van der Waals surface area contributed by atoms with Crippen LogP contribution in [0.1, 0.15) is 28.9 Å². The minimum absolute atomic E-state index is 0.0195. The van der Waals surface area contributed by atoms with Gasteiger partial charge in [0.1, 0.15) is 5.82 Å². The van der Waals surface area contributed by atoms with E-state index in [-0.39, 0.29) is 5.78 Å². The first-order chi connectivity index (χ1) is 12.2. The number of hydrogen-bond donors (Lipinski definition) is 2. The van der Waals surface area contributed by atoms with Crippen LogP contribution >= 0.6 is 0 Å². The lowest BCUT2D eigenvalue weighted by Gasteiger charge is -2.05. The number of rotatable bonds is 6. The van der Waals surface area contributed by atoms with Gasteiger partial charge in [0.15, 0.2) is 11.5 Å². The van der Waals surface area contributed by atoms with Crippen molar-refractivity contribution >= 4 is 18.1 Å². The van der Waals surface area contributed by atoms with Crippen LogP contribution in [0.5, 0.6) is 0 Å². The zero-order valence-electron chi connectivity index (χ0n) is 14.2. The largest absolute Gasteiger partial charge is 0.493 e. The Morgan fingerprint density at radius 2 is 2.16 bits per heavy atom.